The van der Waals surface area contributed by atoms with Crippen molar-refractivity contribution < 1.29 is 14.3 Å². The molecule has 132 valence electrons. The van der Waals surface area contributed by atoms with Crippen molar-refractivity contribution in [2.24, 2.45) is 5.92 Å². The number of rotatable bonds is 6. The van der Waals surface area contributed by atoms with Crippen LogP contribution in [-0.4, -0.2) is 56.5 Å². The van der Waals surface area contributed by atoms with Crippen molar-refractivity contribution in [3.8, 4) is 5.75 Å². The van der Waals surface area contributed by atoms with E-state index >= 15 is 0 Å². The maximum atomic E-state index is 12.2. The molecule has 0 aromatic heterocycles. The van der Waals surface area contributed by atoms with Crippen LogP contribution < -0.4 is 15.0 Å². The fourth-order valence-electron chi connectivity index (χ4n) is 2.74. The number of benzene rings is 1. The molecule has 6 heteroatoms. The van der Waals surface area contributed by atoms with Crippen LogP contribution in [0.15, 0.2) is 24.3 Å². The summed E-state index contributed by atoms with van der Waals surface area (Å²) in [5.74, 6) is 1.06. The molecule has 1 N–H and O–H groups in total. The van der Waals surface area contributed by atoms with E-state index in [1.165, 1.54) is 0 Å². The second kappa shape index (κ2) is 8.57. The van der Waals surface area contributed by atoms with Gasteiger partial charge in [-0.05, 0) is 30.2 Å². The number of hydrogen-bond donors (Lipinski definition) is 1. The van der Waals surface area contributed by atoms with Gasteiger partial charge in [-0.2, -0.15) is 0 Å². The topological polar surface area (TPSA) is 61.9 Å². The third-order valence-electron chi connectivity index (χ3n) is 4.10. The summed E-state index contributed by atoms with van der Waals surface area (Å²) in [5.41, 5.74) is 1.13. The normalized spacial score (nSPS) is 14.7. The zero-order chi connectivity index (χ0) is 17.5. The molecular weight excluding hydrogens is 306 g/mol. The van der Waals surface area contributed by atoms with Gasteiger partial charge in [-0.25, -0.2) is 0 Å². The number of piperazine rings is 1. The summed E-state index contributed by atoms with van der Waals surface area (Å²) >= 11 is 0. The third kappa shape index (κ3) is 5.15. The Kier molecular flexibility index (Phi) is 6.46. The predicted molar refractivity (Wildman–Crippen MR) is 94.3 cm³/mol. The molecule has 6 nitrogen and oxygen atoms in total. The van der Waals surface area contributed by atoms with Gasteiger partial charge in [0.1, 0.15) is 5.75 Å². The zero-order valence-corrected chi connectivity index (χ0v) is 14.7. The highest BCUT2D eigenvalue weighted by atomic mass is 16.5. The van der Waals surface area contributed by atoms with Crippen LogP contribution in [0.1, 0.15) is 20.3 Å². The molecule has 1 aliphatic heterocycles. The van der Waals surface area contributed by atoms with Gasteiger partial charge in [0, 0.05) is 38.3 Å². The Balaban J connectivity index is 1.77. The highest BCUT2D eigenvalue weighted by molar-refractivity contribution is 5.85. The van der Waals surface area contributed by atoms with Gasteiger partial charge in [0.2, 0.25) is 11.8 Å². The number of carbonyl (C=O) groups is 2. The van der Waals surface area contributed by atoms with Crippen LogP contribution in [0.2, 0.25) is 0 Å². The van der Waals surface area contributed by atoms with Gasteiger partial charge in [-0.1, -0.05) is 13.8 Å². The van der Waals surface area contributed by atoms with E-state index in [0.29, 0.717) is 25.4 Å². The molecule has 1 aliphatic rings. The molecule has 1 saturated heterocycles. The van der Waals surface area contributed by atoms with Crippen molar-refractivity contribution in [2.45, 2.75) is 20.3 Å². The Morgan fingerprint density at radius 3 is 2.29 bits per heavy atom. The first-order chi connectivity index (χ1) is 11.5. The second-order valence-corrected chi connectivity index (χ2v) is 6.44. The number of nitrogens with zero attached hydrogens (tertiary/aromatic N) is 2. The van der Waals surface area contributed by atoms with E-state index in [9.17, 15) is 9.59 Å². The van der Waals surface area contributed by atoms with E-state index in [4.69, 9.17) is 4.74 Å². The number of amides is 2. The molecule has 0 unspecified atom stereocenters. The summed E-state index contributed by atoms with van der Waals surface area (Å²) in [5, 5.41) is 2.71. The van der Waals surface area contributed by atoms with E-state index in [1.54, 1.807) is 7.11 Å². The first-order valence-electron chi connectivity index (χ1n) is 8.43. The van der Waals surface area contributed by atoms with Gasteiger partial charge < -0.3 is 19.9 Å². The molecule has 2 rings (SSSR count). The molecule has 1 heterocycles. The number of hydrogen-bond acceptors (Lipinski definition) is 4. The Morgan fingerprint density at radius 1 is 1.12 bits per heavy atom. The van der Waals surface area contributed by atoms with Crippen LogP contribution >= 0.6 is 0 Å². The van der Waals surface area contributed by atoms with Crippen LogP contribution in [0, 0.1) is 5.92 Å². The molecule has 0 saturated carbocycles. The maximum Gasteiger partial charge on any atom is 0.242 e. The standard InChI is InChI=1S/C18H27N3O3/c1-14(2)12-17(22)19-13-18(23)21-10-8-20(9-11-21)15-4-6-16(24-3)7-5-15/h4-7,14H,8-13H2,1-3H3,(H,19,22). The summed E-state index contributed by atoms with van der Waals surface area (Å²) in [7, 11) is 1.65. The monoisotopic (exact) mass is 333 g/mol. The van der Waals surface area contributed by atoms with Crippen molar-refractivity contribution in [1.29, 1.82) is 0 Å². The lowest BCUT2D eigenvalue weighted by molar-refractivity contribution is -0.133. The average Bonchev–Trinajstić information content (AvgIpc) is 2.59. The van der Waals surface area contributed by atoms with E-state index in [-0.39, 0.29) is 18.4 Å². The molecule has 24 heavy (non-hydrogen) atoms. The second-order valence-electron chi connectivity index (χ2n) is 6.44. The fraction of sp³-hybridized carbons (Fsp3) is 0.556. The van der Waals surface area contributed by atoms with E-state index in [1.807, 2.05) is 43.0 Å². The van der Waals surface area contributed by atoms with Gasteiger partial charge in [-0.3, -0.25) is 9.59 Å². The largest absolute Gasteiger partial charge is 0.497 e. The molecule has 0 bridgehead atoms. The summed E-state index contributed by atoms with van der Waals surface area (Å²) in [6, 6.07) is 7.94. The Hall–Kier alpha value is -2.24. The number of nitrogens with one attached hydrogen (secondary N) is 1. The van der Waals surface area contributed by atoms with E-state index < -0.39 is 0 Å². The minimum absolute atomic E-state index is 0.0125. The minimum atomic E-state index is -0.0600. The molecule has 1 aromatic carbocycles. The molecule has 1 aromatic rings. The number of ether oxygens (including phenoxy) is 1. The summed E-state index contributed by atoms with van der Waals surface area (Å²) in [4.78, 5) is 27.9. The highest BCUT2D eigenvalue weighted by Crippen LogP contribution is 2.20. The van der Waals surface area contributed by atoms with Gasteiger partial charge in [0.25, 0.3) is 0 Å². The number of methoxy groups -OCH3 is 1. The van der Waals surface area contributed by atoms with Crippen molar-refractivity contribution in [3.63, 3.8) is 0 Å². The Bertz CT molecular complexity index is 549. The lowest BCUT2D eigenvalue weighted by atomic mass is 10.1. The van der Waals surface area contributed by atoms with Gasteiger partial charge in [-0.15, -0.1) is 0 Å². The highest BCUT2D eigenvalue weighted by Gasteiger charge is 2.21. The maximum absolute atomic E-state index is 12.2. The lowest BCUT2D eigenvalue weighted by Crippen LogP contribution is -2.51. The van der Waals surface area contributed by atoms with E-state index in [2.05, 4.69) is 10.2 Å². The predicted octanol–water partition coefficient (Wildman–Crippen LogP) is 1.51. The summed E-state index contributed by atoms with van der Waals surface area (Å²) in [6.45, 7) is 6.99. The molecule has 0 aliphatic carbocycles. The first kappa shape index (κ1) is 18.1. The third-order valence-corrected chi connectivity index (χ3v) is 4.10. The quantitative estimate of drug-likeness (QED) is 0.857. The van der Waals surface area contributed by atoms with Crippen molar-refractivity contribution in [1.82, 2.24) is 10.2 Å². The average molecular weight is 333 g/mol. The van der Waals surface area contributed by atoms with Crippen LogP contribution in [0.25, 0.3) is 0 Å². The molecule has 1 fully saturated rings. The number of anilines is 1. The van der Waals surface area contributed by atoms with Crippen LogP contribution in [0.5, 0.6) is 5.75 Å². The molecule has 0 spiro atoms. The molecule has 0 radical (unpaired) electrons. The van der Waals surface area contributed by atoms with Crippen molar-refractivity contribution >= 4 is 17.5 Å². The smallest absolute Gasteiger partial charge is 0.242 e. The Labute approximate surface area is 143 Å². The number of carbonyl (C=O) groups excluding carboxylic acids is 2. The van der Waals surface area contributed by atoms with Crippen molar-refractivity contribution in [2.75, 3.05) is 44.7 Å². The molecule has 0 atom stereocenters. The van der Waals surface area contributed by atoms with Crippen LogP contribution in [0.3, 0.4) is 0 Å². The van der Waals surface area contributed by atoms with E-state index in [0.717, 1.165) is 24.5 Å². The SMILES string of the molecule is COc1ccc(N2CCN(C(=O)CNC(=O)CC(C)C)CC2)cc1. The molecule has 2 amide bonds. The van der Waals surface area contributed by atoms with Crippen LogP contribution in [-0.2, 0) is 9.59 Å². The van der Waals surface area contributed by atoms with Crippen LogP contribution in [0.4, 0.5) is 5.69 Å². The first-order valence-corrected chi connectivity index (χ1v) is 8.43. The Morgan fingerprint density at radius 2 is 1.75 bits per heavy atom. The lowest BCUT2D eigenvalue weighted by Gasteiger charge is -2.36. The van der Waals surface area contributed by atoms with Gasteiger partial charge in [0.15, 0.2) is 0 Å². The van der Waals surface area contributed by atoms with Gasteiger partial charge >= 0.3 is 0 Å². The van der Waals surface area contributed by atoms with Gasteiger partial charge in [0.05, 0.1) is 13.7 Å². The molecular formula is C18H27N3O3. The van der Waals surface area contributed by atoms with Crippen molar-refractivity contribution in [3.05, 3.63) is 24.3 Å². The zero-order valence-electron chi connectivity index (χ0n) is 14.7. The minimum Gasteiger partial charge on any atom is -0.497 e. The summed E-state index contributed by atoms with van der Waals surface area (Å²) in [6.07, 6.45) is 0.457. The summed E-state index contributed by atoms with van der Waals surface area (Å²) < 4.78 is 5.17. The fourth-order valence-corrected chi connectivity index (χ4v) is 2.74.